The van der Waals surface area contributed by atoms with Gasteiger partial charge in [-0.15, -0.1) is 0 Å². The molecule has 0 saturated heterocycles. The van der Waals surface area contributed by atoms with Gasteiger partial charge in [-0.3, -0.25) is 4.68 Å². The van der Waals surface area contributed by atoms with Crippen LogP contribution in [0.1, 0.15) is 36.7 Å². The Morgan fingerprint density at radius 3 is 2.89 bits per heavy atom. The number of benzene rings is 1. The number of hydrogen-bond acceptors (Lipinski definition) is 2. The van der Waals surface area contributed by atoms with E-state index in [4.69, 9.17) is 11.6 Å². The summed E-state index contributed by atoms with van der Waals surface area (Å²) in [6.07, 6.45) is 1.95. The molecule has 0 radical (unpaired) electrons. The van der Waals surface area contributed by atoms with E-state index >= 15 is 0 Å². The summed E-state index contributed by atoms with van der Waals surface area (Å²) in [6, 6.07) is 8.24. The van der Waals surface area contributed by atoms with Gasteiger partial charge in [0.15, 0.2) is 0 Å². The third kappa shape index (κ3) is 3.37. The number of nitrogens with one attached hydrogen (secondary N) is 1. The molecule has 0 bridgehead atoms. The summed E-state index contributed by atoms with van der Waals surface area (Å²) in [5.41, 5.74) is 3.62. The number of aromatic nitrogens is 2. The molecule has 2 rings (SSSR count). The molecule has 0 aliphatic carbocycles. The molecule has 19 heavy (non-hydrogen) atoms. The number of hydrogen-bond donors (Lipinski definition) is 1. The first-order chi connectivity index (χ1) is 9.11. The van der Waals surface area contributed by atoms with E-state index in [-0.39, 0.29) is 0 Å². The number of nitrogens with zero attached hydrogens (tertiary/aromatic N) is 2. The molecule has 0 amide bonds. The average Bonchev–Trinajstić information content (AvgIpc) is 2.71. The van der Waals surface area contributed by atoms with Crippen molar-refractivity contribution in [1.82, 2.24) is 15.1 Å². The van der Waals surface area contributed by atoms with Crippen LogP contribution in [0.2, 0.25) is 5.02 Å². The van der Waals surface area contributed by atoms with Gasteiger partial charge in [0, 0.05) is 22.3 Å². The van der Waals surface area contributed by atoms with Crippen molar-refractivity contribution in [2.24, 2.45) is 0 Å². The average molecular weight is 278 g/mol. The van der Waals surface area contributed by atoms with E-state index in [2.05, 4.69) is 37.3 Å². The minimum atomic E-state index is 0.332. The molecule has 0 fully saturated rings. The summed E-state index contributed by atoms with van der Waals surface area (Å²) >= 11 is 6.01. The van der Waals surface area contributed by atoms with Crippen molar-refractivity contribution in [3.8, 4) is 0 Å². The standard InChI is InChI=1S/C15H20ClN3/c1-4-17-11(2)15-9-18-19(12(15)3)10-13-6-5-7-14(16)8-13/h5-9,11,17H,4,10H2,1-3H3. The SMILES string of the molecule is CCNC(C)c1cnn(Cc2cccc(Cl)c2)c1C. The normalized spacial score (nSPS) is 12.6. The van der Waals surface area contributed by atoms with Crippen molar-refractivity contribution in [3.63, 3.8) is 0 Å². The quantitative estimate of drug-likeness (QED) is 0.906. The van der Waals surface area contributed by atoms with E-state index in [1.54, 1.807) is 0 Å². The topological polar surface area (TPSA) is 29.9 Å². The minimum Gasteiger partial charge on any atom is -0.310 e. The summed E-state index contributed by atoms with van der Waals surface area (Å²) in [5.74, 6) is 0. The first-order valence-electron chi connectivity index (χ1n) is 6.62. The Morgan fingerprint density at radius 1 is 1.42 bits per heavy atom. The maximum Gasteiger partial charge on any atom is 0.0663 e. The monoisotopic (exact) mass is 277 g/mol. The predicted molar refractivity (Wildman–Crippen MR) is 79.6 cm³/mol. The maximum absolute atomic E-state index is 6.01. The Labute approximate surface area is 119 Å². The first-order valence-corrected chi connectivity index (χ1v) is 6.99. The summed E-state index contributed by atoms with van der Waals surface area (Å²) in [5, 5.41) is 8.66. The van der Waals surface area contributed by atoms with Crippen molar-refractivity contribution in [2.75, 3.05) is 6.54 Å². The number of halogens is 1. The van der Waals surface area contributed by atoms with Crippen LogP contribution in [0, 0.1) is 6.92 Å². The Hall–Kier alpha value is -1.32. The lowest BCUT2D eigenvalue weighted by atomic mass is 10.1. The lowest BCUT2D eigenvalue weighted by Gasteiger charge is -2.12. The van der Waals surface area contributed by atoms with Gasteiger partial charge in [0.1, 0.15) is 0 Å². The third-order valence-electron chi connectivity index (χ3n) is 3.34. The van der Waals surface area contributed by atoms with Gasteiger partial charge in [-0.2, -0.15) is 5.10 Å². The van der Waals surface area contributed by atoms with E-state index in [1.807, 2.05) is 29.1 Å². The molecule has 0 aliphatic rings. The van der Waals surface area contributed by atoms with E-state index in [0.29, 0.717) is 6.04 Å². The zero-order valence-electron chi connectivity index (χ0n) is 11.7. The zero-order valence-corrected chi connectivity index (χ0v) is 12.4. The Balaban J connectivity index is 2.18. The van der Waals surface area contributed by atoms with Gasteiger partial charge in [0.2, 0.25) is 0 Å². The highest BCUT2D eigenvalue weighted by Gasteiger charge is 2.12. The summed E-state index contributed by atoms with van der Waals surface area (Å²) in [6.45, 7) is 8.10. The molecule has 1 aromatic heterocycles. The third-order valence-corrected chi connectivity index (χ3v) is 3.57. The fraction of sp³-hybridized carbons (Fsp3) is 0.400. The van der Waals surface area contributed by atoms with Crippen LogP contribution in [0.4, 0.5) is 0 Å². The van der Waals surface area contributed by atoms with E-state index in [9.17, 15) is 0 Å². The molecule has 1 N–H and O–H groups in total. The van der Waals surface area contributed by atoms with Crippen molar-refractivity contribution in [2.45, 2.75) is 33.4 Å². The van der Waals surface area contributed by atoms with Crippen molar-refractivity contribution in [1.29, 1.82) is 0 Å². The van der Waals surface area contributed by atoms with E-state index in [0.717, 1.165) is 18.1 Å². The smallest absolute Gasteiger partial charge is 0.0663 e. The molecule has 0 aliphatic heterocycles. The highest BCUT2D eigenvalue weighted by Crippen LogP contribution is 2.18. The molecule has 1 heterocycles. The van der Waals surface area contributed by atoms with Crippen molar-refractivity contribution >= 4 is 11.6 Å². The molecule has 4 heteroatoms. The van der Waals surface area contributed by atoms with E-state index < -0.39 is 0 Å². The van der Waals surface area contributed by atoms with E-state index in [1.165, 1.54) is 16.8 Å². The van der Waals surface area contributed by atoms with Crippen molar-refractivity contribution in [3.05, 3.63) is 52.3 Å². The first kappa shape index (κ1) is 14.1. The highest BCUT2D eigenvalue weighted by molar-refractivity contribution is 6.30. The highest BCUT2D eigenvalue weighted by atomic mass is 35.5. The lowest BCUT2D eigenvalue weighted by Crippen LogP contribution is -2.18. The molecule has 102 valence electrons. The molecule has 3 nitrogen and oxygen atoms in total. The molecule has 0 saturated carbocycles. The zero-order chi connectivity index (χ0) is 13.8. The van der Waals surface area contributed by atoms with Crippen LogP contribution in [0.5, 0.6) is 0 Å². The summed E-state index contributed by atoms with van der Waals surface area (Å²) in [4.78, 5) is 0. The number of rotatable bonds is 5. The van der Waals surface area contributed by atoms with Crippen LogP contribution in [-0.4, -0.2) is 16.3 Å². The van der Waals surface area contributed by atoms with Crippen LogP contribution in [-0.2, 0) is 6.54 Å². The second-order valence-electron chi connectivity index (χ2n) is 4.75. The minimum absolute atomic E-state index is 0.332. The second-order valence-corrected chi connectivity index (χ2v) is 5.19. The fourth-order valence-electron chi connectivity index (χ4n) is 2.27. The summed E-state index contributed by atoms with van der Waals surface area (Å²) < 4.78 is 2.02. The van der Waals surface area contributed by atoms with Gasteiger partial charge in [-0.1, -0.05) is 30.7 Å². The van der Waals surface area contributed by atoms with Crippen LogP contribution in [0.3, 0.4) is 0 Å². The van der Waals surface area contributed by atoms with Crippen LogP contribution < -0.4 is 5.32 Å². The summed E-state index contributed by atoms with van der Waals surface area (Å²) in [7, 11) is 0. The maximum atomic E-state index is 6.01. The van der Waals surface area contributed by atoms with Gasteiger partial charge in [0.25, 0.3) is 0 Å². The lowest BCUT2D eigenvalue weighted by molar-refractivity contribution is 0.590. The van der Waals surface area contributed by atoms with Crippen molar-refractivity contribution < 1.29 is 0 Å². The molecule has 2 aromatic rings. The molecule has 1 atom stereocenters. The molecule has 1 aromatic carbocycles. The Kier molecular flexibility index (Phi) is 4.61. The Morgan fingerprint density at radius 2 is 2.21 bits per heavy atom. The van der Waals surface area contributed by atoms with Crippen LogP contribution >= 0.6 is 11.6 Å². The van der Waals surface area contributed by atoms with Gasteiger partial charge < -0.3 is 5.32 Å². The fourth-order valence-corrected chi connectivity index (χ4v) is 2.48. The van der Waals surface area contributed by atoms with Gasteiger partial charge >= 0.3 is 0 Å². The largest absolute Gasteiger partial charge is 0.310 e. The molecule has 0 spiro atoms. The van der Waals surface area contributed by atoms with Gasteiger partial charge in [-0.25, -0.2) is 0 Å². The Bertz CT molecular complexity index is 548. The molecular weight excluding hydrogens is 258 g/mol. The predicted octanol–water partition coefficient (Wildman–Crippen LogP) is 3.56. The molecular formula is C15H20ClN3. The van der Waals surface area contributed by atoms with Crippen LogP contribution in [0.15, 0.2) is 30.5 Å². The van der Waals surface area contributed by atoms with Gasteiger partial charge in [-0.05, 0) is 38.1 Å². The molecule has 1 unspecified atom stereocenters. The van der Waals surface area contributed by atoms with Crippen LogP contribution in [0.25, 0.3) is 0 Å². The second kappa shape index (κ2) is 6.22. The van der Waals surface area contributed by atoms with Gasteiger partial charge in [0.05, 0.1) is 12.7 Å².